The zero-order valence-corrected chi connectivity index (χ0v) is 14.1. The summed E-state index contributed by atoms with van der Waals surface area (Å²) < 4.78 is 21.6. The van der Waals surface area contributed by atoms with Crippen molar-refractivity contribution in [2.45, 2.75) is 39.0 Å². The highest BCUT2D eigenvalue weighted by molar-refractivity contribution is 7.80. The molecule has 0 aromatic rings. The molecule has 0 fully saturated rings. The van der Waals surface area contributed by atoms with Gasteiger partial charge in [0.1, 0.15) is 0 Å². The second-order valence-corrected chi connectivity index (χ2v) is 5.25. The third-order valence-electron chi connectivity index (χ3n) is 2.72. The van der Waals surface area contributed by atoms with E-state index < -0.39 is 0 Å². The molecule has 5 nitrogen and oxygen atoms in total. The Morgan fingerprint density at radius 3 is 1.57 bits per heavy atom. The lowest BCUT2D eigenvalue weighted by molar-refractivity contribution is -0.00231. The lowest BCUT2D eigenvalue weighted by Crippen LogP contribution is -2.12. The van der Waals surface area contributed by atoms with Gasteiger partial charge in [-0.3, -0.25) is 0 Å². The Labute approximate surface area is 134 Å². The van der Waals surface area contributed by atoms with Gasteiger partial charge < -0.3 is 24.7 Å². The Balaban J connectivity index is 2.95. The highest BCUT2D eigenvalue weighted by atomic mass is 32.1. The van der Waals surface area contributed by atoms with Gasteiger partial charge >= 0.3 is 0 Å². The van der Waals surface area contributed by atoms with Crippen LogP contribution >= 0.6 is 12.2 Å². The number of ether oxygens (including phenoxy) is 4. The zero-order chi connectivity index (χ0) is 15.6. The fourth-order valence-electron chi connectivity index (χ4n) is 1.51. The Morgan fingerprint density at radius 2 is 1.14 bits per heavy atom. The lowest BCUT2D eigenvalue weighted by atomic mass is 10.2. The average Bonchev–Trinajstić information content (AvgIpc) is 2.46. The monoisotopic (exact) mass is 321 g/mol. The molecule has 0 atom stereocenters. The number of unbranched alkanes of at least 4 members (excludes halogenated alkanes) is 2. The number of nitrogens with two attached hydrogens (primary N) is 1. The fraction of sp³-hybridized carbons (Fsp3) is 0.933. The van der Waals surface area contributed by atoms with Crippen molar-refractivity contribution in [2.75, 3.05) is 52.9 Å². The van der Waals surface area contributed by atoms with Gasteiger partial charge in [0.2, 0.25) is 0 Å². The van der Waals surface area contributed by atoms with Crippen LogP contribution in [0.5, 0.6) is 0 Å². The van der Waals surface area contributed by atoms with Crippen molar-refractivity contribution in [1.29, 1.82) is 0 Å². The van der Waals surface area contributed by atoms with Crippen LogP contribution in [-0.2, 0) is 18.9 Å². The van der Waals surface area contributed by atoms with Crippen LogP contribution in [0.4, 0.5) is 0 Å². The van der Waals surface area contributed by atoms with E-state index in [1.807, 2.05) is 0 Å². The first-order valence-corrected chi connectivity index (χ1v) is 8.27. The molecular formula is C15H31NO4S. The summed E-state index contributed by atoms with van der Waals surface area (Å²) in [4.78, 5) is 0.578. The summed E-state index contributed by atoms with van der Waals surface area (Å²) in [6.07, 6.45) is 5.05. The molecule has 0 aliphatic rings. The van der Waals surface area contributed by atoms with Crippen molar-refractivity contribution in [3.8, 4) is 0 Å². The minimum absolute atomic E-state index is 0.578. The predicted octanol–water partition coefficient (Wildman–Crippen LogP) is 2.31. The maximum atomic E-state index is 5.43. The first-order chi connectivity index (χ1) is 10.3. The molecule has 0 unspecified atom stereocenters. The molecule has 0 radical (unpaired) electrons. The Bertz CT molecular complexity index is 230. The van der Waals surface area contributed by atoms with Crippen LogP contribution in [0, 0.1) is 0 Å². The van der Waals surface area contributed by atoms with E-state index >= 15 is 0 Å². The van der Waals surface area contributed by atoms with Crippen molar-refractivity contribution < 1.29 is 18.9 Å². The lowest BCUT2D eigenvalue weighted by Gasteiger charge is -2.07. The van der Waals surface area contributed by atoms with Gasteiger partial charge in [-0.05, 0) is 25.7 Å². The van der Waals surface area contributed by atoms with Gasteiger partial charge in [0.05, 0.1) is 44.6 Å². The second-order valence-electron chi connectivity index (χ2n) is 4.73. The third-order valence-corrected chi connectivity index (χ3v) is 2.92. The van der Waals surface area contributed by atoms with Crippen molar-refractivity contribution >= 4 is 17.2 Å². The maximum absolute atomic E-state index is 5.43. The molecule has 0 rings (SSSR count). The average molecular weight is 321 g/mol. The van der Waals surface area contributed by atoms with E-state index in [-0.39, 0.29) is 0 Å². The quantitative estimate of drug-likeness (QED) is 0.328. The van der Waals surface area contributed by atoms with Gasteiger partial charge in [0, 0.05) is 13.2 Å². The zero-order valence-electron chi connectivity index (χ0n) is 13.3. The Morgan fingerprint density at radius 1 is 0.714 bits per heavy atom. The topological polar surface area (TPSA) is 62.9 Å². The maximum Gasteiger partial charge on any atom is 0.0727 e. The van der Waals surface area contributed by atoms with E-state index in [9.17, 15) is 0 Å². The molecule has 0 amide bonds. The molecule has 0 aliphatic heterocycles. The molecule has 0 aromatic heterocycles. The SMILES string of the molecule is CCCCOCCOCCOCCOCCCCC(N)=S. The van der Waals surface area contributed by atoms with Crippen LogP contribution < -0.4 is 5.73 Å². The molecule has 6 heteroatoms. The Hall–Kier alpha value is -0.270. The van der Waals surface area contributed by atoms with Crippen molar-refractivity contribution in [3.05, 3.63) is 0 Å². The molecule has 2 N–H and O–H groups in total. The first kappa shape index (κ1) is 20.7. The predicted molar refractivity (Wildman–Crippen MR) is 88.8 cm³/mol. The molecule has 0 heterocycles. The molecular weight excluding hydrogens is 290 g/mol. The molecule has 126 valence electrons. The fourth-order valence-corrected chi connectivity index (χ4v) is 1.66. The van der Waals surface area contributed by atoms with Crippen LogP contribution in [-0.4, -0.2) is 57.8 Å². The summed E-state index contributed by atoms with van der Waals surface area (Å²) in [6.45, 7) is 7.42. The molecule has 0 saturated carbocycles. The van der Waals surface area contributed by atoms with E-state index in [0.717, 1.165) is 45.3 Å². The highest BCUT2D eigenvalue weighted by Gasteiger charge is 1.94. The van der Waals surface area contributed by atoms with Crippen molar-refractivity contribution in [3.63, 3.8) is 0 Å². The van der Waals surface area contributed by atoms with Crippen LogP contribution in [0.15, 0.2) is 0 Å². The first-order valence-electron chi connectivity index (χ1n) is 7.86. The summed E-state index contributed by atoms with van der Waals surface area (Å²) in [5.41, 5.74) is 5.40. The van der Waals surface area contributed by atoms with E-state index in [1.54, 1.807) is 0 Å². The van der Waals surface area contributed by atoms with Crippen LogP contribution in [0.3, 0.4) is 0 Å². The van der Waals surface area contributed by atoms with Crippen LogP contribution in [0.25, 0.3) is 0 Å². The molecule has 21 heavy (non-hydrogen) atoms. The minimum atomic E-state index is 0.578. The van der Waals surface area contributed by atoms with Gasteiger partial charge in [-0.15, -0.1) is 0 Å². The number of hydrogen-bond acceptors (Lipinski definition) is 5. The summed E-state index contributed by atoms with van der Waals surface area (Å²) in [6, 6.07) is 0. The largest absolute Gasteiger partial charge is 0.393 e. The molecule has 0 saturated heterocycles. The summed E-state index contributed by atoms with van der Waals surface area (Å²) in [5, 5.41) is 0. The molecule has 0 aromatic carbocycles. The van der Waals surface area contributed by atoms with Gasteiger partial charge in [0.15, 0.2) is 0 Å². The molecule has 0 bridgehead atoms. The number of thiocarbonyl (C=S) groups is 1. The van der Waals surface area contributed by atoms with Crippen LogP contribution in [0.1, 0.15) is 39.0 Å². The van der Waals surface area contributed by atoms with Crippen molar-refractivity contribution in [2.24, 2.45) is 5.73 Å². The van der Waals surface area contributed by atoms with Crippen molar-refractivity contribution in [1.82, 2.24) is 0 Å². The number of hydrogen-bond donors (Lipinski definition) is 1. The molecule has 0 aliphatic carbocycles. The summed E-state index contributed by atoms with van der Waals surface area (Å²) in [7, 11) is 0. The third kappa shape index (κ3) is 19.7. The molecule has 0 spiro atoms. The van der Waals surface area contributed by atoms with E-state index in [0.29, 0.717) is 44.6 Å². The van der Waals surface area contributed by atoms with Gasteiger partial charge in [0.25, 0.3) is 0 Å². The summed E-state index contributed by atoms with van der Waals surface area (Å²) >= 11 is 4.80. The van der Waals surface area contributed by atoms with E-state index in [1.165, 1.54) is 0 Å². The number of rotatable bonds is 17. The van der Waals surface area contributed by atoms with Gasteiger partial charge in [-0.1, -0.05) is 25.6 Å². The smallest absolute Gasteiger partial charge is 0.0727 e. The second kappa shape index (κ2) is 17.8. The Kier molecular flexibility index (Phi) is 17.6. The van der Waals surface area contributed by atoms with Crippen LogP contribution in [0.2, 0.25) is 0 Å². The van der Waals surface area contributed by atoms with E-state index in [4.69, 9.17) is 36.9 Å². The summed E-state index contributed by atoms with van der Waals surface area (Å²) in [5.74, 6) is 0. The van der Waals surface area contributed by atoms with Gasteiger partial charge in [-0.25, -0.2) is 0 Å². The highest BCUT2D eigenvalue weighted by Crippen LogP contribution is 1.96. The standard InChI is InChI=1S/C15H31NO4S/c1-2-3-7-17-9-11-19-13-14-20-12-10-18-8-5-4-6-15(16)21/h2-14H2,1H3,(H2,16,21). The minimum Gasteiger partial charge on any atom is -0.393 e. The van der Waals surface area contributed by atoms with E-state index in [2.05, 4.69) is 6.92 Å². The normalized spacial score (nSPS) is 10.9. The van der Waals surface area contributed by atoms with Gasteiger partial charge in [-0.2, -0.15) is 0 Å².